The number of aliphatic hydroxyl groups excluding tert-OH is 3. The second-order valence-electron chi connectivity index (χ2n) is 4.69. The van der Waals surface area contributed by atoms with Gasteiger partial charge in [-0.3, -0.25) is 14.3 Å². The summed E-state index contributed by atoms with van der Waals surface area (Å²) >= 11 is 0. The van der Waals surface area contributed by atoms with Gasteiger partial charge in [0, 0.05) is 0 Å². The molecule has 3 heterocycles. The summed E-state index contributed by atoms with van der Waals surface area (Å²) in [6, 6.07) is 0. The number of aromatic amines is 1. The van der Waals surface area contributed by atoms with Crippen molar-refractivity contribution >= 4 is 23.1 Å². The molecule has 1 unspecified atom stereocenters. The first-order valence-corrected chi connectivity index (χ1v) is 6.09. The number of fused-ring (bicyclic) bond motifs is 1. The van der Waals surface area contributed by atoms with Gasteiger partial charge in [-0.2, -0.15) is 4.98 Å². The fourth-order valence-electron chi connectivity index (χ4n) is 2.36. The largest absolute Gasteiger partial charge is 0.394 e. The monoisotopic (exact) mass is 298 g/mol. The van der Waals surface area contributed by atoms with E-state index in [1.807, 2.05) is 0 Å². The quantitative estimate of drug-likeness (QED) is 0.334. The van der Waals surface area contributed by atoms with Gasteiger partial charge in [0.15, 0.2) is 17.4 Å². The van der Waals surface area contributed by atoms with Gasteiger partial charge < -0.3 is 31.5 Å². The van der Waals surface area contributed by atoms with E-state index in [1.54, 1.807) is 0 Å². The smallest absolute Gasteiger partial charge is 0.280 e. The number of anilines is 2. The summed E-state index contributed by atoms with van der Waals surface area (Å²) in [6.07, 6.45) is -4.81. The number of aromatic nitrogens is 4. The molecule has 3 rings (SSSR count). The van der Waals surface area contributed by atoms with Crippen LogP contribution in [0.3, 0.4) is 0 Å². The number of ether oxygens (including phenoxy) is 1. The van der Waals surface area contributed by atoms with Crippen molar-refractivity contribution in [3.63, 3.8) is 0 Å². The number of imidazole rings is 1. The average molecular weight is 298 g/mol. The fraction of sp³-hybridized carbons (Fsp3) is 0.500. The molecule has 1 aliphatic heterocycles. The molecule has 0 saturated carbocycles. The highest BCUT2D eigenvalue weighted by Gasteiger charge is 2.44. The Morgan fingerprint density at radius 2 is 2.00 bits per heavy atom. The normalized spacial score (nSPS) is 29.3. The summed E-state index contributed by atoms with van der Waals surface area (Å²) < 4.78 is 6.51. The first-order valence-electron chi connectivity index (χ1n) is 6.09. The van der Waals surface area contributed by atoms with Gasteiger partial charge in [-0.15, -0.1) is 0 Å². The fourth-order valence-corrected chi connectivity index (χ4v) is 2.36. The van der Waals surface area contributed by atoms with E-state index in [4.69, 9.17) is 21.3 Å². The number of nitrogens with one attached hydrogen (secondary N) is 1. The zero-order chi connectivity index (χ0) is 15.3. The molecule has 1 saturated heterocycles. The van der Waals surface area contributed by atoms with Crippen molar-refractivity contribution in [2.75, 3.05) is 18.1 Å². The lowest BCUT2D eigenvalue weighted by atomic mass is 10.1. The van der Waals surface area contributed by atoms with E-state index in [9.17, 15) is 15.0 Å². The summed E-state index contributed by atoms with van der Waals surface area (Å²) in [5.74, 6) is -0.288. The van der Waals surface area contributed by atoms with Crippen LogP contribution in [-0.4, -0.2) is 59.8 Å². The second kappa shape index (κ2) is 4.66. The van der Waals surface area contributed by atoms with E-state index in [-0.39, 0.29) is 23.1 Å². The molecule has 114 valence electrons. The van der Waals surface area contributed by atoms with Crippen LogP contribution >= 0.6 is 0 Å². The van der Waals surface area contributed by atoms with Crippen LogP contribution in [0.5, 0.6) is 0 Å². The van der Waals surface area contributed by atoms with E-state index in [0.717, 1.165) is 4.57 Å². The Morgan fingerprint density at radius 3 is 2.62 bits per heavy atom. The number of aliphatic hydroxyl groups is 3. The first-order chi connectivity index (χ1) is 9.93. The van der Waals surface area contributed by atoms with Crippen LogP contribution < -0.4 is 17.0 Å². The molecule has 0 radical (unpaired) electrons. The molecule has 21 heavy (non-hydrogen) atoms. The molecule has 2 aromatic rings. The SMILES string of the molecule is Nc1nc2c(nc(N)n2[C@@H]2O[C@H](CO)[C@H](O)C2O)c(=O)[nH]1. The minimum atomic E-state index is -1.37. The Morgan fingerprint density at radius 1 is 1.29 bits per heavy atom. The van der Waals surface area contributed by atoms with Crippen LogP contribution in [0.25, 0.3) is 11.2 Å². The zero-order valence-corrected chi connectivity index (χ0v) is 10.7. The maximum atomic E-state index is 11.7. The van der Waals surface area contributed by atoms with Crippen molar-refractivity contribution in [1.82, 2.24) is 19.5 Å². The van der Waals surface area contributed by atoms with Gasteiger partial charge in [-0.25, -0.2) is 4.98 Å². The summed E-state index contributed by atoms with van der Waals surface area (Å²) in [7, 11) is 0. The lowest BCUT2D eigenvalue weighted by Gasteiger charge is -2.17. The highest BCUT2D eigenvalue weighted by molar-refractivity contribution is 5.74. The number of hydrogen-bond donors (Lipinski definition) is 6. The van der Waals surface area contributed by atoms with Gasteiger partial charge in [0.1, 0.15) is 18.3 Å². The molecule has 8 N–H and O–H groups in total. The molecule has 0 bridgehead atoms. The number of nitrogens with two attached hydrogens (primary N) is 2. The Bertz CT molecular complexity index is 741. The molecular formula is C10H14N6O5. The first kappa shape index (κ1) is 13.8. The van der Waals surface area contributed by atoms with Crippen molar-refractivity contribution in [2.24, 2.45) is 0 Å². The molecular weight excluding hydrogens is 284 g/mol. The maximum Gasteiger partial charge on any atom is 0.280 e. The van der Waals surface area contributed by atoms with Crippen LogP contribution in [0, 0.1) is 0 Å². The molecule has 2 aromatic heterocycles. The van der Waals surface area contributed by atoms with E-state index in [0.29, 0.717) is 0 Å². The number of rotatable bonds is 2. The molecule has 0 amide bonds. The van der Waals surface area contributed by atoms with E-state index in [2.05, 4.69) is 15.0 Å². The molecule has 1 fully saturated rings. The molecule has 0 aromatic carbocycles. The number of nitrogen functional groups attached to an aromatic ring is 2. The highest BCUT2D eigenvalue weighted by atomic mass is 16.6. The van der Waals surface area contributed by atoms with Crippen LogP contribution in [0.4, 0.5) is 11.9 Å². The van der Waals surface area contributed by atoms with Crippen molar-refractivity contribution in [2.45, 2.75) is 24.5 Å². The van der Waals surface area contributed by atoms with E-state index < -0.39 is 36.7 Å². The van der Waals surface area contributed by atoms with Crippen molar-refractivity contribution < 1.29 is 20.1 Å². The van der Waals surface area contributed by atoms with Crippen molar-refractivity contribution in [3.05, 3.63) is 10.4 Å². The van der Waals surface area contributed by atoms with E-state index >= 15 is 0 Å². The van der Waals surface area contributed by atoms with E-state index in [1.165, 1.54) is 0 Å². The van der Waals surface area contributed by atoms with Gasteiger partial charge in [0.25, 0.3) is 5.56 Å². The lowest BCUT2D eigenvalue weighted by molar-refractivity contribution is -0.0500. The lowest BCUT2D eigenvalue weighted by Crippen LogP contribution is -2.33. The third-order valence-corrected chi connectivity index (χ3v) is 3.37. The summed E-state index contributed by atoms with van der Waals surface area (Å²) in [6.45, 7) is -0.489. The van der Waals surface area contributed by atoms with Crippen LogP contribution in [0.15, 0.2) is 4.79 Å². The molecule has 4 atom stereocenters. The molecule has 11 heteroatoms. The van der Waals surface area contributed by atoms with Crippen LogP contribution in [-0.2, 0) is 4.74 Å². The highest BCUT2D eigenvalue weighted by Crippen LogP contribution is 2.32. The van der Waals surface area contributed by atoms with Crippen LogP contribution in [0.2, 0.25) is 0 Å². The summed E-state index contributed by atoms with van der Waals surface area (Å²) in [4.78, 5) is 21.8. The molecule has 0 spiro atoms. The van der Waals surface area contributed by atoms with Gasteiger partial charge in [-0.05, 0) is 0 Å². The topological polar surface area (TPSA) is 186 Å². The molecule has 1 aliphatic rings. The van der Waals surface area contributed by atoms with Crippen LogP contribution in [0.1, 0.15) is 6.23 Å². The standard InChI is InChI=1S/C10H14N6O5/c11-9-14-6-3(7(20)15-9)13-10(12)16(6)8-5(19)4(18)2(1-17)21-8/h2,4-5,8,17-19H,1H2,(H2,12,13)(H3,11,14,15,20)/t2-,4+,5?,8-/m1/s1. The molecule has 11 nitrogen and oxygen atoms in total. The van der Waals surface area contributed by atoms with Crippen molar-refractivity contribution in [1.29, 1.82) is 0 Å². The predicted octanol–water partition coefficient (Wildman–Crippen LogP) is -3.10. The Kier molecular flexibility index (Phi) is 3.06. The summed E-state index contributed by atoms with van der Waals surface area (Å²) in [5, 5.41) is 28.9. The maximum absolute atomic E-state index is 11.7. The Balaban J connectivity index is 2.17. The van der Waals surface area contributed by atoms with Gasteiger partial charge in [0.2, 0.25) is 11.9 Å². The van der Waals surface area contributed by atoms with Gasteiger partial charge in [0.05, 0.1) is 6.61 Å². The van der Waals surface area contributed by atoms with Gasteiger partial charge in [-0.1, -0.05) is 0 Å². The van der Waals surface area contributed by atoms with Gasteiger partial charge >= 0.3 is 0 Å². The second-order valence-corrected chi connectivity index (χ2v) is 4.69. The zero-order valence-electron chi connectivity index (χ0n) is 10.7. The number of nitrogens with zero attached hydrogens (tertiary/aromatic N) is 3. The Hall–Kier alpha value is -2.21. The number of H-pyrrole nitrogens is 1. The third kappa shape index (κ3) is 1.94. The Labute approximate surface area is 116 Å². The third-order valence-electron chi connectivity index (χ3n) is 3.37. The molecule has 0 aliphatic carbocycles. The average Bonchev–Trinajstić information content (AvgIpc) is 2.89. The minimum absolute atomic E-state index is 0.0172. The minimum Gasteiger partial charge on any atom is -0.394 e. The predicted molar refractivity (Wildman–Crippen MR) is 70.0 cm³/mol. The van der Waals surface area contributed by atoms with Crippen molar-refractivity contribution in [3.8, 4) is 0 Å². The number of hydrogen-bond acceptors (Lipinski definition) is 9. The summed E-state index contributed by atoms with van der Waals surface area (Å²) in [5.41, 5.74) is 10.6.